The van der Waals surface area contributed by atoms with Gasteiger partial charge in [-0.2, -0.15) is 5.10 Å². The van der Waals surface area contributed by atoms with Gasteiger partial charge >= 0.3 is 0 Å². The minimum atomic E-state index is -0.520. The van der Waals surface area contributed by atoms with E-state index in [0.717, 1.165) is 24.8 Å². The zero-order chi connectivity index (χ0) is 16.7. The third-order valence-corrected chi connectivity index (χ3v) is 5.22. The van der Waals surface area contributed by atoms with Gasteiger partial charge < -0.3 is 15.4 Å². The summed E-state index contributed by atoms with van der Waals surface area (Å²) in [5.74, 6) is 0.697. The van der Waals surface area contributed by atoms with E-state index in [-0.39, 0.29) is 17.9 Å². The van der Waals surface area contributed by atoms with Crippen molar-refractivity contribution in [2.75, 3.05) is 0 Å². The molecule has 2 aromatic heterocycles. The number of carbonyl (C=O) groups excluding carboxylic acids is 1. The van der Waals surface area contributed by atoms with Crippen LogP contribution >= 0.6 is 11.6 Å². The standard InChI is InChI=1S/C17H21ClN4O2/c18-12-5-20-22(9-12)8-10-3-15(16(23)4-10)21-17(24)14-7-19-6-13(14)11-1-2-11/h5-7,9-11,15-16,19,23H,1-4,8H2,(H,21,24)/t10?,15-,16-/m1/s1. The summed E-state index contributed by atoms with van der Waals surface area (Å²) in [4.78, 5) is 15.6. The highest BCUT2D eigenvalue weighted by molar-refractivity contribution is 6.30. The fourth-order valence-corrected chi connectivity index (χ4v) is 3.83. The third-order valence-electron chi connectivity index (χ3n) is 5.03. The van der Waals surface area contributed by atoms with E-state index >= 15 is 0 Å². The molecule has 0 saturated heterocycles. The molecule has 3 atom stereocenters. The monoisotopic (exact) mass is 348 g/mol. The molecular formula is C17H21ClN4O2. The van der Waals surface area contributed by atoms with E-state index in [2.05, 4.69) is 15.4 Å². The van der Waals surface area contributed by atoms with Crippen LogP contribution in [0.15, 0.2) is 24.8 Å². The first-order valence-corrected chi connectivity index (χ1v) is 8.81. The van der Waals surface area contributed by atoms with Crippen LogP contribution in [0.4, 0.5) is 0 Å². The molecule has 2 aliphatic rings. The summed E-state index contributed by atoms with van der Waals surface area (Å²) < 4.78 is 1.79. The number of amides is 1. The fraction of sp³-hybridized carbons (Fsp3) is 0.529. The average Bonchev–Trinajstić information content (AvgIpc) is 2.96. The van der Waals surface area contributed by atoms with Crippen molar-refractivity contribution in [2.45, 2.75) is 50.3 Å². The van der Waals surface area contributed by atoms with Gasteiger partial charge in [-0.15, -0.1) is 0 Å². The lowest BCUT2D eigenvalue weighted by Gasteiger charge is -2.16. The summed E-state index contributed by atoms with van der Waals surface area (Å²) in [5.41, 5.74) is 1.81. The van der Waals surface area contributed by atoms with Gasteiger partial charge in [0.05, 0.1) is 28.9 Å². The van der Waals surface area contributed by atoms with Crippen molar-refractivity contribution < 1.29 is 9.90 Å². The summed E-state index contributed by atoms with van der Waals surface area (Å²) in [7, 11) is 0. The smallest absolute Gasteiger partial charge is 0.253 e. The summed E-state index contributed by atoms with van der Waals surface area (Å²) in [5, 5.41) is 18.1. The van der Waals surface area contributed by atoms with Crippen molar-refractivity contribution in [3.05, 3.63) is 40.9 Å². The van der Waals surface area contributed by atoms with Crippen molar-refractivity contribution in [1.29, 1.82) is 0 Å². The van der Waals surface area contributed by atoms with Crippen LogP contribution in [0.25, 0.3) is 0 Å². The number of aliphatic hydroxyl groups is 1. The third kappa shape index (κ3) is 3.21. The number of aromatic amines is 1. The zero-order valence-electron chi connectivity index (χ0n) is 13.3. The lowest BCUT2D eigenvalue weighted by molar-refractivity contribution is 0.0872. The van der Waals surface area contributed by atoms with Gasteiger partial charge in [-0.1, -0.05) is 11.6 Å². The van der Waals surface area contributed by atoms with Crippen molar-refractivity contribution in [2.24, 2.45) is 5.92 Å². The van der Waals surface area contributed by atoms with Gasteiger partial charge in [0.25, 0.3) is 5.91 Å². The number of aliphatic hydroxyl groups excluding tert-OH is 1. The van der Waals surface area contributed by atoms with Crippen molar-refractivity contribution in [1.82, 2.24) is 20.1 Å². The van der Waals surface area contributed by atoms with E-state index in [4.69, 9.17) is 11.6 Å². The number of nitrogens with zero attached hydrogens (tertiary/aromatic N) is 2. The first kappa shape index (κ1) is 15.7. The van der Waals surface area contributed by atoms with Crippen LogP contribution < -0.4 is 5.32 Å². The predicted molar refractivity (Wildman–Crippen MR) is 90.0 cm³/mol. The Bertz CT molecular complexity index is 737. The molecule has 128 valence electrons. The second-order valence-electron chi connectivity index (χ2n) is 6.96. The lowest BCUT2D eigenvalue weighted by Crippen LogP contribution is -2.40. The Kier molecular flexibility index (Phi) is 4.10. The van der Waals surface area contributed by atoms with Crippen molar-refractivity contribution in [3.8, 4) is 0 Å². The second-order valence-corrected chi connectivity index (χ2v) is 7.40. The normalized spacial score (nSPS) is 26.7. The first-order valence-electron chi connectivity index (χ1n) is 8.43. The number of nitrogens with one attached hydrogen (secondary N) is 2. The van der Waals surface area contributed by atoms with Gasteiger partial charge in [0.15, 0.2) is 0 Å². The van der Waals surface area contributed by atoms with Crippen LogP contribution in [0.3, 0.4) is 0 Å². The Hall–Kier alpha value is -1.79. The Balaban J connectivity index is 1.37. The van der Waals surface area contributed by atoms with Crippen LogP contribution in [-0.4, -0.2) is 37.9 Å². The first-order chi connectivity index (χ1) is 11.6. The second kappa shape index (κ2) is 6.26. The molecule has 2 aromatic rings. The molecule has 6 nitrogen and oxygen atoms in total. The van der Waals surface area contributed by atoms with Gasteiger partial charge in [-0.05, 0) is 43.1 Å². The van der Waals surface area contributed by atoms with E-state index in [1.807, 2.05) is 6.20 Å². The molecule has 2 saturated carbocycles. The predicted octanol–water partition coefficient (Wildman–Crippen LogP) is 2.31. The quantitative estimate of drug-likeness (QED) is 0.775. The van der Waals surface area contributed by atoms with E-state index in [1.165, 1.54) is 0 Å². The lowest BCUT2D eigenvalue weighted by atomic mass is 10.1. The van der Waals surface area contributed by atoms with Gasteiger partial charge in [0, 0.05) is 25.1 Å². The SMILES string of the molecule is O=C(N[C@@H]1CC(Cn2cc(Cl)cn2)C[C@H]1O)c1c[nH]cc1C1CC1. The molecule has 0 aromatic carbocycles. The molecule has 2 aliphatic carbocycles. The number of aromatic nitrogens is 3. The Morgan fingerprint density at radius 1 is 1.42 bits per heavy atom. The van der Waals surface area contributed by atoms with E-state index in [9.17, 15) is 9.90 Å². The maximum Gasteiger partial charge on any atom is 0.253 e. The fourth-order valence-electron chi connectivity index (χ4n) is 3.68. The molecule has 2 heterocycles. The number of rotatable bonds is 5. The number of carbonyl (C=O) groups is 1. The molecule has 1 amide bonds. The molecule has 3 N–H and O–H groups in total. The minimum Gasteiger partial charge on any atom is -0.391 e. The van der Waals surface area contributed by atoms with Gasteiger partial charge in [-0.3, -0.25) is 9.48 Å². The number of hydrogen-bond acceptors (Lipinski definition) is 3. The van der Waals surface area contributed by atoms with Crippen LogP contribution in [0.2, 0.25) is 5.02 Å². The molecule has 0 radical (unpaired) electrons. The maximum absolute atomic E-state index is 12.6. The highest BCUT2D eigenvalue weighted by atomic mass is 35.5. The van der Waals surface area contributed by atoms with Crippen molar-refractivity contribution >= 4 is 17.5 Å². The molecule has 4 rings (SSSR count). The number of hydrogen-bond donors (Lipinski definition) is 3. The summed E-state index contributed by atoms with van der Waals surface area (Å²) in [6.07, 6.45) is 10.2. The molecular weight excluding hydrogens is 328 g/mol. The summed E-state index contributed by atoms with van der Waals surface area (Å²) in [6.45, 7) is 0.702. The highest BCUT2D eigenvalue weighted by Gasteiger charge is 2.35. The van der Waals surface area contributed by atoms with Crippen molar-refractivity contribution in [3.63, 3.8) is 0 Å². The maximum atomic E-state index is 12.6. The zero-order valence-corrected chi connectivity index (χ0v) is 14.0. The molecule has 24 heavy (non-hydrogen) atoms. The van der Waals surface area contributed by atoms with Crippen LogP contribution in [0, 0.1) is 5.92 Å². The molecule has 1 unspecified atom stereocenters. The van der Waals surface area contributed by atoms with Crippen LogP contribution in [-0.2, 0) is 6.54 Å². The van der Waals surface area contributed by atoms with Crippen LogP contribution in [0.1, 0.15) is 47.5 Å². The molecule has 0 spiro atoms. The Morgan fingerprint density at radius 2 is 2.25 bits per heavy atom. The summed E-state index contributed by atoms with van der Waals surface area (Å²) >= 11 is 5.88. The number of H-pyrrole nitrogens is 1. The van der Waals surface area contributed by atoms with Gasteiger partial charge in [-0.25, -0.2) is 0 Å². The summed E-state index contributed by atoms with van der Waals surface area (Å²) in [6, 6.07) is -0.213. The minimum absolute atomic E-state index is 0.0926. The van der Waals surface area contributed by atoms with Crippen LogP contribution in [0.5, 0.6) is 0 Å². The van der Waals surface area contributed by atoms with Gasteiger partial charge in [0.2, 0.25) is 0 Å². The van der Waals surface area contributed by atoms with E-state index in [1.54, 1.807) is 23.3 Å². The average molecular weight is 349 g/mol. The molecule has 0 bridgehead atoms. The molecule has 2 fully saturated rings. The number of halogens is 1. The Morgan fingerprint density at radius 3 is 2.96 bits per heavy atom. The van der Waals surface area contributed by atoms with E-state index in [0.29, 0.717) is 29.5 Å². The molecule has 0 aliphatic heterocycles. The molecule has 7 heteroatoms. The topological polar surface area (TPSA) is 82.9 Å². The highest BCUT2D eigenvalue weighted by Crippen LogP contribution is 2.41. The van der Waals surface area contributed by atoms with Gasteiger partial charge in [0.1, 0.15) is 0 Å². The Labute approximate surface area is 145 Å². The largest absolute Gasteiger partial charge is 0.391 e. The van der Waals surface area contributed by atoms with E-state index < -0.39 is 6.10 Å².